The van der Waals surface area contributed by atoms with Crippen LogP contribution in [0, 0.1) is 10.1 Å². The topological polar surface area (TPSA) is 68.1 Å². The highest BCUT2D eigenvalue weighted by molar-refractivity contribution is 5.39. The van der Waals surface area contributed by atoms with Crippen molar-refractivity contribution < 1.29 is 4.92 Å². The molecule has 2 rings (SSSR count). The molecule has 0 aliphatic rings. The third-order valence-electron chi connectivity index (χ3n) is 2.54. The molecule has 0 fully saturated rings. The Morgan fingerprint density at radius 2 is 1.89 bits per heavy atom. The van der Waals surface area contributed by atoms with Gasteiger partial charge < -0.3 is 5.32 Å². The van der Waals surface area contributed by atoms with Crippen LogP contribution >= 0.6 is 0 Å². The Bertz CT molecular complexity index is 529. The van der Waals surface area contributed by atoms with Crippen LogP contribution in [0.4, 0.5) is 5.69 Å². The van der Waals surface area contributed by atoms with Crippen molar-refractivity contribution in [2.45, 2.75) is 13.1 Å². The summed E-state index contributed by atoms with van der Waals surface area (Å²) in [5.74, 6) is 0. The van der Waals surface area contributed by atoms with Crippen molar-refractivity contribution in [1.82, 2.24) is 10.3 Å². The Balaban J connectivity index is 1.97. The predicted molar refractivity (Wildman–Crippen MR) is 67.9 cm³/mol. The molecule has 1 aromatic carbocycles. The molecule has 0 atom stereocenters. The van der Waals surface area contributed by atoms with E-state index in [0.29, 0.717) is 18.7 Å². The standard InChI is InChI=1S/C13H13N3O2/c17-16(18)13-7-2-1-5-11(13)9-14-10-12-6-3-4-8-15-12/h1-8,14H,9-10H2. The molecule has 0 aliphatic carbocycles. The molecule has 1 aromatic heterocycles. The zero-order valence-corrected chi connectivity index (χ0v) is 9.74. The van der Waals surface area contributed by atoms with Gasteiger partial charge in [0.2, 0.25) is 0 Å². The second kappa shape index (κ2) is 5.88. The van der Waals surface area contributed by atoms with Crippen LogP contribution in [-0.2, 0) is 13.1 Å². The van der Waals surface area contributed by atoms with Crippen LogP contribution in [0.3, 0.4) is 0 Å². The number of para-hydroxylation sites is 1. The average Bonchev–Trinajstić information content (AvgIpc) is 2.40. The Morgan fingerprint density at radius 3 is 2.61 bits per heavy atom. The second-order valence-electron chi connectivity index (χ2n) is 3.81. The van der Waals surface area contributed by atoms with E-state index in [0.717, 1.165) is 5.69 Å². The smallest absolute Gasteiger partial charge is 0.273 e. The van der Waals surface area contributed by atoms with Crippen molar-refractivity contribution in [3.8, 4) is 0 Å². The fraction of sp³-hybridized carbons (Fsp3) is 0.154. The molecule has 0 unspecified atom stereocenters. The molecule has 5 nitrogen and oxygen atoms in total. The van der Waals surface area contributed by atoms with Crippen LogP contribution in [-0.4, -0.2) is 9.91 Å². The highest BCUT2D eigenvalue weighted by Gasteiger charge is 2.11. The number of hydrogen-bond acceptors (Lipinski definition) is 4. The summed E-state index contributed by atoms with van der Waals surface area (Å²) in [5, 5.41) is 14.0. The van der Waals surface area contributed by atoms with Crippen LogP contribution < -0.4 is 5.32 Å². The summed E-state index contributed by atoms with van der Waals surface area (Å²) in [6.45, 7) is 1.04. The fourth-order valence-corrected chi connectivity index (χ4v) is 1.67. The maximum atomic E-state index is 10.8. The summed E-state index contributed by atoms with van der Waals surface area (Å²) >= 11 is 0. The molecule has 0 spiro atoms. The average molecular weight is 243 g/mol. The predicted octanol–water partition coefficient (Wildman–Crippen LogP) is 2.28. The summed E-state index contributed by atoms with van der Waals surface area (Å²) in [6.07, 6.45) is 1.72. The minimum Gasteiger partial charge on any atom is -0.307 e. The zero-order valence-electron chi connectivity index (χ0n) is 9.74. The molecule has 0 bridgehead atoms. The molecule has 2 aromatic rings. The SMILES string of the molecule is O=[N+]([O-])c1ccccc1CNCc1ccccn1. The number of aromatic nitrogens is 1. The zero-order chi connectivity index (χ0) is 12.8. The number of nitro groups is 1. The summed E-state index contributed by atoms with van der Waals surface area (Å²) in [5.41, 5.74) is 1.74. The van der Waals surface area contributed by atoms with E-state index in [-0.39, 0.29) is 10.6 Å². The number of benzene rings is 1. The van der Waals surface area contributed by atoms with Gasteiger partial charge in [-0.3, -0.25) is 15.1 Å². The molecule has 5 heteroatoms. The molecular formula is C13H13N3O2. The highest BCUT2D eigenvalue weighted by Crippen LogP contribution is 2.17. The van der Waals surface area contributed by atoms with Gasteiger partial charge in [-0.05, 0) is 12.1 Å². The lowest BCUT2D eigenvalue weighted by Crippen LogP contribution is -2.14. The van der Waals surface area contributed by atoms with Gasteiger partial charge in [0.05, 0.1) is 10.6 Å². The van der Waals surface area contributed by atoms with Crippen LogP contribution in [0.15, 0.2) is 48.7 Å². The van der Waals surface area contributed by atoms with Crippen molar-refractivity contribution in [3.63, 3.8) is 0 Å². The van der Waals surface area contributed by atoms with Crippen molar-refractivity contribution in [3.05, 3.63) is 70.0 Å². The number of hydrogen-bond donors (Lipinski definition) is 1. The van der Waals surface area contributed by atoms with Gasteiger partial charge >= 0.3 is 0 Å². The molecule has 1 N–H and O–H groups in total. The lowest BCUT2D eigenvalue weighted by atomic mass is 10.2. The van der Waals surface area contributed by atoms with Crippen molar-refractivity contribution in [2.24, 2.45) is 0 Å². The summed E-state index contributed by atoms with van der Waals surface area (Å²) in [7, 11) is 0. The fourth-order valence-electron chi connectivity index (χ4n) is 1.67. The van der Waals surface area contributed by atoms with Gasteiger partial charge in [0.15, 0.2) is 0 Å². The summed E-state index contributed by atoms with van der Waals surface area (Å²) in [4.78, 5) is 14.6. The largest absolute Gasteiger partial charge is 0.307 e. The Kier molecular flexibility index (Phi) is 3.98. The lowest BCUT2D eigenvalue weighted by molar-refractivity contribution is -0.385. The number of nitrogens with zero attached hydrogens (tertiary/aromatic N) is 2. The first-order valence-corrected chi connectivity index (χ1v) is 5.60. The monoisotopic (exact) mass is 243 g/mol. The van der Waals surface area contributed by atoms with Crippen LogP contribution in [0.5, 0.6) is 0 Å². The van der Waals surface area contributed by atoms with Gasteiger partial charge in [-0.25, -0.2) is 0 Å². The first-order valence-electron chi connectivity index (χ1n) is 5.60. The molecule has 0 aliphatic heterocycles. The van der Waals surface area contributed by atoms with E-state index < -0.39 is 0 Å². The third kappa shape index (κ3) is 3.11. The van der Waals surface area contributed by atoms with Crippen molar-refractivity contribution in [1.29, 1.82) is 0 Å². The van der Waals surface area contributed by atoms with E-state index in [2.05, 4.69) is 10.3 Å². The van der Waals surface area contributed by atoms with E-state index in [4.69, 9.17) is 0 Å². The van der Waals surface area contributed by atoms with E-state index in [1.54, 1.807) is 24.4 Å². The van der Waals surface area contributed by atoms with E-state index in [1.807, 2.05) is 18.2 Å². The number of rotatable bonds is 5. The van der Waals surface area contributed by atoms with E-state index >= 15 is 0 Å². The normalized spacial score (nSPS) is 10.2. The Hall–Kier alpha value is -2.27. The Morgan fingerprint density at radius 1 is 1.11 bits per heavy atom. The first kappa shape index (κ1) is 12.2. The maximum Gasteiger partial charge on any atom is 0.273 e. The van der Waals surface area contributed by atoms with Crippen molar-refractivity contribution in [2.75, 3.05) is 0 Å². The van der Waals surface area contributed by atoms with E-state index in [9.17, 15) is 10.1 Å². The van der Waals surface area contributed by atoms with Gasteiger partial charge in [-0.15, -0.1) is 0 Å². The van der Waals surface area contributed by atoms with Crippen LogP contribution in [0.2, 0.25) is 0 Å². The van der Waals surface area contributed by atoms with Crippen LogP contribution in [0.1, 0.15) is 11.3 Å². The van der Waals surface area contributed by atoms with E-state index in [1.165, 1.54) is 6.07 Å². The highest BCUT2D eigenvalue weighted by atomic mass is 16.6. The molecule has 18 heavy (non-hydrogen) atoms. The number of pyridine rings is 1. The molecule has 0 saturated carbocycles. The first-order chi connectivity index (χ1) is 8.77. The lowest BCUT2D eigenvalue weighted by Gasteiger charge is -2.05. The number of nitro benzene ring substituents is 1. The Labute approximate surface area is 105 Å². The second-order valence-corrected chi connectivity index (χ2v) is 3.81. The third-order valence-corrected chi connectivity index (χ3v) is 2.54. The maximum absolute atomic E-state index is 10.8. The quantitative estimate of drug-likeness (QED) is 0.646. The summed E-state index contributed by atoms with van der Waals surface area (Å²) in [6, 6.07) is 12.4. The van der Waals surface area contributed by atoms with Crippen LogP contribution in [0.25, 0.3) is 0 Å². The van der Waals surface area contributed by atoms with Gasteiger partial charge in [0.1, 0.15) is 0 Å². The van der Waals surface area contributed by atoms with Gasteiger partial charge in [-0.1, -0.05) is 24.3 Å². The molecule has 0 amide bonds. The molecule has 0 radical (unpaired) electrons. The molecule has 1 heterocycles. The van der Waals surface area contributed by atoms with Crippen molar-refractivity contribution >= 4 is 5.69 Å². The van der Waals surface area contributed by atoms with Gasteiger partial charge in [0, 0.05) is 30.9 Å². The minimum atomic E-state index is -0.363. The van der Waals surface area contributed by atoms with Gasteiger partial charge in [-0.2, -0.15) is 0 Å². The summed E-state index contributed by atoms with van der Waals surface area (Å²) < 4.78 is 0. The molecule has 0 saturated heterocycles. The number of nitrogens with one attached hydrogen (secondary N) is 1. The van der Waals surface area contributed by atoms with Gasteiger partial charge in [0.25, 0.3) is 5.69 Å². The molecule has 92 valence electrons. The molecular weight excluding hydrogens is 230 g/mol. The minimum absolute atomic E-state index is 0.144.